The van der Waals surface area contributed by atoms with E-state index in [0.717, 1.165) is 6.20 Å². The van der Waals surface area contributed by atoms with E-state index in [-0.39, 0.29) is 6.61 Å². The minimum absolute atomic E-state index is 0.0294. The first-order chi connectivity index (χ1) is 9.10. The van der Waals surface area contributed by atoms with Crippen molar-refractivity contribution in [3.8, 4) is 0 Å². The zero-order valence-corrected chi connectivity index (χ0v) is 10.5. The Labute approximate surface area is 109 Å². The SMILES string of the molecule is CCn1cc(N)cc1C(=O)OCc1cncc(F)c1. The first-order valence-corrected chi connectivity index (χ1v) is 5.82. The van der Waals surface area contributed by atoms with Gasteiger partial charge in [-0.3, -0.25) is 4.98 Å². The number of aryl methyl sites for hydroxylation is 1. The molecule has 2 aromatic rings. The average Bonchev–Trinajstić information content (AvgIpc) is 2.77. The van der Waals surface area contributed by atoms with Gasteiger partial charge in [-0.1, -0.05) is 0 Å². The zero-order chi connectivity index (χ0) is 13.8. The summed E-state index contributed by atoms with van der Waals surface area (Å²) in [7, 11) is 0. The van der Waals surface area contributed by atoms with Crippen molar-refractivity contribution < 1.29 is 13.9 Å². The van der Waals surface area contributed by atoms with Gasteiger partial charge < -0.3 is 15.0 Å². The van der Waals surface area contributed by atoms with Gasteiger partial charge in [0.15, 0.2) is 0 Å². The predicted octanol–water partition coefficient (Wildman–Crippen LogP) is 1.98. The van der Waals surface area contributed by atoms with Crippen LogP contribution in [0.2, 0.25) is 0 Å². The van der Waals surface area contributed by atoms with Crippen molar-refractivity contribution >= 4 is 11.7 Å². The number of ether oxygens (including phenoxy) is 1. The zero-order valence-electron chi connectivity index (χ0n) is 10.5. The van der Waals surface area contributed by atoms with Crippen molar-refractivity contribution in [2.45, 2.75) is 20.1 Å². The van der Waals surface area contributed by atoms with Gasteiger partial charge in [0, 0.05) is 24.5 Å². The first-order valence-electron chi connectivity index (χ1n) is 5.82. The molecule has 0 fully saturated rings. The second-order valence-corrected chi connectivity index (χ2v) is 4.03. The van der Waals surface area contributed by atoms with Gasteiger partial charge in [-0.05, 0) is 19.1 Å². The van der Waals surface area contributed by atoms with E-state index in [1.165, 1.54) is 12.3 Å². The van der Waals surface area contributed by atoms with Crippen LogP contribution in [0.15, 0.2) is 30.7 Å². The van der Waals surface area contributed by atoms with Gasteiger partial charge in [0.1, 0.15) is 18.1 Å². The van der Waals surface area contributed by atoms with Crippen LogP contribution in [0.5, 0.6) is 0 Å². The van der Waals surface area contributed by atoms with Gasteiger partial charge in [-0.15, -0.1) is 0 Å². The van der Waals surface area contributed by atoms with Crippen molar-refractivity contribution in [2.75, 3.05) is 5.73 Å². The lowest BCUT2D eigenvalue weighted by atomic mass is 10.3. The molecule has 0 unspecified atom stereocenters. The molecule has 0 saturated heterocycles. The Bertz CT molecular complexity index is 595. The molecule has 0 bridgehead atoms. The molecule has 19 heavy (non-hydrogen) atoms. The molecular formula is C13H14FN3O2. The molecular weight excluding hydrogens is 249 g/mol. The van der Waals surface area contributed by atoms with Crippen molar-refractivity contribution in [3.63, 3.8) is 0 Å². The normalized spacial score (nSPS) is 10.4. The van der Waals surface area contributed by atoms with E-state index in [1.807, 2.05) is 6.92 Å². The summed E-state index contributed by atoms with van der Waals surface area (Å²) in [5.41, 5.74) is 7.01. The molecule has 0 atom stereocenters. The van der Waals surface area contributed by atoms with Gasteiger partial charge in [-0.25, -0.2) is 9.18 Å². The van der Waals surface area contributed by atoms with Crippen LogP contribution < -0.4 is 5.73 Å². The maximum absolute atomic E-state index is 12.9. The second-order valence-electron chi connectivity index (χ2n) is 4.03. The minimum atomic E-state index is -0.497. The number of nitrogen functional groups attached to an aromatic ring is 1. The highest BCUT2D eigenvalue weighted by Gasteiger charge is 2.13. The summed E-state index contributed by atoms with van der Waals surface area (Å²) in [6.45, 7) is 2.48. The first kappa shape index (κ1) is 13.1. The molecule has 6 heteroatoms. The highest BCUT2D eigenvalue weighted by atomic mass is 19.1. The molecule has 0 spiro atoms. The van der Waals surface area contributed by atoms with Gasteiger partial charge in [0.05, 0.1) is 11.9 Å². The third-order valence-electron chi connectivity index (χ3n) is 2.60. The molecule has 2 rings (SSSR count). The summed E-state index contributed by atoms with van der Waals surface area (Å²) < 4.78 is 19.7. The number of pyridine rings is 1. The molecule has 0 aliphatic rings. The number of aromatic nitrogens is 2. The van der Waals surface area contributed by atoms with Crippen LogP contribution in [0.25, 0.3) is 0 Å². The standard InChI is InChI=1S/C13H14FN3O2/c1-2-17-7-11(15)4-12(17)13(18)19-8-9-3-10(14)6-16-5-9/h3-7H,2,8,15H2,1H3. The van der Waals surface area contributed by atoms with Crippen molar-refractivity contribution in [3.05, 3.63) is 47.8 Å². The van der Waals surface area contributed by atoms with E-state index >= 15 is 0 Å². The van der Waals surface area contributed by atoms with Crippen LogP contribution >= 0.6 is 0 Å². The van der Waals surface area contributed by atoms with Gasteiger partial charge in [0.25, 0.3) is 0 Å². The Morgan fingerprint density at radius 3 is 2.95 bits per heavy atom. The fourth-order valence-corrected chi connectivity index (χ4v) is 1.72. The molecule has 100 valence electrons. The van der Waals surface area contributed by atoms with Crippen molar-refractivity contribution in [2.24, 2.45) is 0 Å². The summed E-state index contributed by atoms with van der Waals surface area (Å²) in [5.74, 6) is -0.961. The average molecular weight is 263 g/mol. The van der Waals surface area contributed by atoms with Gasteiger partial charge in [-0.2, -0.15) is 0 Å². The largest absolute Gasteiger partial charge is 0.456 e. The lowest BCUT2D eigenvalue weighted by Gasteiger charge is -2.07. The van der Waals surface area contributed by atoms with E-state index < -0.39 is 11.8 Å². The Morgan fingerprint density at radius 2 is 2.26 bits per heavy atom. The molecule has 0 aliphatic heterocycles. The van der Waals surface area contributed by atoms with E-state index in [4.69, 9.17) is 10.5 Å². The molecule has 0 aromatic carbocycles. The van der Waals surface area contributed by atoms with Gasteiger partial charge in [0.2, 0.25) is 0 Å². The van der Waals surface area contributed by atoms with Crippen LogP contribution in [0.3, 0.4) is 0 Å². The number of rotatable bonds is 4. The van der Waals surface area contributed by atoms with Crippen LogP contribution in [0.4, 0.5) is 10.1 Å². The van der Waals surface area contributed by atoms with Crippen LogP contribution in [0.1, 0.15) is 23.0 Å². The predicted molar refractivity (Wildman–Crippen MR) is 67.8 cm³/mol. The second kappa shape index (κ2) is 5.51. The summed E-state index contributed by atoms with van der Waals surface area (Å²) in [5, 5.41) is 0. The van der Waals surface area contributed by atoms with E-state index in [1.54, 1.807) is 16.8 Å². The molecule has 0 radical (unpaired) electrons. The number of carbonyl (C=O) groups is 1. The molecule has 2 aromatic heterocycles. The van der Waals surface area contributed by atoms with Crippen LogP contribution in [-0.4, -0.2) is 15.5 Å². The Morgan fingerprint density at radius 1 is 1.47 bits per heavy atom. The molecule has 0 amide bonds. The number of nitrogens with two attached hydrogens (primary N) is 1. The van der Waals surface area contributed by atoms with Crippen molar-refractivity contribution in [1.82, 2.24) is 9.55 Å². The summed E-state index contributed by atoms with van der Waals surface area (Å²) in [4.78, 5) is 15.6. The maximum atomic E-state index is 12.9. The maximum Gasteiger partial charge on any atom is 0.355 e. The lowest BCUT2D eigenvalue weighted by molar-refractivity contribution is 0.0459. The Balaban J connectivity index is 2.05. The monoisotopic (exact) mass is 263 g/mol. The van der Waals surface area contributed by atoms with Crippen LogP contribution in [0, 0.1) is 5.82 Å². The Kier molecular flexibility index (Phi) is 3.79. The van der Waals surface area contributed by atoms with Gasteiger partial charge >= 0.3 is 5.97 Å². The fourth-order valence-electron chi connectivity index (χ4n) is 1.72. The molecule has 2 heterocycles. The Hall–Kier alpha value is -2.37. The highest BCUT2D eigenvalue weighted by Crippen LogP contribution is 2.13. The number of hydrogen-bond donors (Lipinski definition) is 1. The number of hydrogen-bond acceptors (Lipinski definition) is 4. The topological polar surface area (TPSA) is 70.1 Å². The summed E-state index contributed by atoms with van der Waals surface area (Å²) in [6.07, 6.45) is 4.21. The number of esters is 1. The van der Waals surface area contributed by atoms with E-state index in [2.05, 4.69) is 4.98 Å². The molecule has 2 N–H and O–H groups in total. The summed E-state index contributed by atoms with van der Waals surface area (Å²) in [6, 6.07) is 2.82. The molecule has 5 nitrogen and oxygen atoms in total. The highest BCUT2D eigenvalue weighted by molar-refractivity contribution is 5.89. The van der Waals surface area contributed by atoms with E-state index in [9.17, 15) is 9.18 Å². The third-order valence-corrected chi connectivity index (χ3v) is 2.60. The van der Waals surface area contributed by atoms with Crippen LogP contribution in [-0.2, 0) is 17.9 Å². The third kappa shape index (κ3) is 3.09. The van der Waals surface area contributed by atoms with E-state index in [0.29, 0.717) is 23.5 Å². The summed E-state index contributed by atoms with van der Waals surface area (Å²) >= 11 is 0. The number of anilines is 1. The number of nitrogens with zero attached hydrogens (tertiary/aromatic N) is 2. The lowest BCUT2D eigenvalue weighted by Crippen LogP contribution is -2.11. The fraction of sp³-hybridized carbons (Fsp3) is 0.231. The van der Waals surface area contributed by atoms with Crippen molar-refractivity contribution in [1.29, 1.82) is 0 Å². The quantitative estimate of drug-likeness (QED) is 0.856. The number of carbonyl (C=O) groups excluding carboxylic acids is 1. The smallest absolute Gasteiger partial charge is 0.355 e. The number of halogens is 1. The molecule has 0 aliphatic carbocycles. The molecule has 0 saturated carbocycles. The minimum Gasteiger partial charge on any atom is -0.456 e.